The Morgan fingerprint density at radius 3 is 2.31 bits per heavy atom. The number of unbranched alkanes of at least 4 members (excludes halogenated alkanes) is 1. The maximum Gasteiger partial charge on any atom is 0.340 e. The number of hydroxylamine groups is 2. The predicted molar refractivity (Wildman–Crippen MR) is 192 cm³/mol. The third-order valence-electron chi connectivity index (χ3n) is 10.9. The van der Waals surface area contributed by atoms with Gasteiger partial charge in [-0.3, -0.25) is 23.8 Å². The number of likely N-dealkylation sites (tertiary alicyclic amines) is 1. The molecule has 5 aliphatic rings. The average Bonchev–Trinajstić information content (AvgIpc) is 3.56. The quantitative estimate of drug-likeness (QED) is 0.147. The Morgan fingerprint density at radius 2 is 1.65 bits per heavy atom. The molecular formula is C37H65N4O9P. The maximum atomic E-state index is 14.6. The largest absolute Gasteiger partial charge is 0.353 e. The van der Waals surface area contributed by atoms with E-state index in [9.17, 15) is 18.9 Å². The summed E-state index contributed by atoms with van der Waals surface area (Å²) in [4.78, 5) is 55.5. The minimum atomic E-state index is -3.77. The second kappa shape index (κ2) is 18.6. The number of ether oxygens (including phenoxy) is 2. The van der Waals surface area contributed by atoms with Crippen LogP contribution in [-0.4, -0.2) is 127 Å². The highest BCUT2D eigenvalue weighted by Gasteiger charge is 2.55. The molecule has 14 heteroatoms. The monoisotopic (exact) mass is 740 g/mol. The summed E-state index contributed by atoms with van der Waals surface area (Å²) in [6, 6.07) is -0.804. The van der Waals surface area contributed by atoms with Crippen LogP contribution >= 0.6 is 7.60 Å². The van der Waals surface area contributed by atoms with E-state index in [2.05, 4.69) is 25.7 Å². The zero-order valence-corrected chi connectivity index (χ0v) is 32.8. The number of carbonyl (C=O) groups is 3. The summed E-state index contributed by atoms with van der Waals surface area (Å²) < 4.78 is 36.2. The Hall–Kier alpha value is -1.60. The second-order valence-corrected chi connectivity index (χ2v) is 18.3. The van der Waals surface area contributed by atoms with Crippen molar-refractivity contribution in [3.63, 3.8) is 0 Å². The Labute approximate surface area is 305 Å². The molecule has 0 aromatic rings. The molecule has 5 atom stereocenters. The molecule has 0 N–H and O–H groups in total. The van der Waals surface area contributed by atoms with E-state index >= 15 is 0 Å². The number of hydrogen-bond donors (Lipinski definition) is 0. The number of amides is 3. The topological polar surface area (TPSA) is 127 Å². The number of nitrogens with zero attached hydrogens (tertiary/aromatic N) is 4. The van der Waals surface area contributed by atoms with E-state index in [0.717, 1.165) is 90.4 Å². The van der Waals surface area contributed by atoms with Crippen LogP contribution in [0.5, 0.6) is 0 Å². The van der Waals surface area contributed by atoms with Gasteiger partial charge in [0.2, 0.25) is 5.91 Å². The first-order valence-electron chi connectivity index (χ1n) is 19.9. The van der Waals surface area contributed by atoms with Crippen molar-refractivity contribution in [1.82, 2.24) is 19.8 Å². The van der Waals surface area contributed by atoms with Gasteiger partial charge >= 0.3 is 7.60 Å². The van der Waals surface area contributed by atoms with Crippen molar-refractivity contribution in [3.8, 4) is 0 Å². The molecule has 4 heterocycles. The molecule has 0 bridgehead atoms. The van der Waals surface area contributed by atoms with Crippen LogP contribution < -0.4 is 0 Å². The third-order valence-corrected chi connectivity index (χ3v) is 12.9. The van der Waals surface area contributed by atoms with E-state index < -0.39 is 38.0 Å². The lowest BCUT2D eigenvalue weighted by Crippen LogP contribution is -2.75. The van der Waals surface area contributed by atoms with Gasteiger partial charge in [0.1, 0.15) is 12.2 Å². The van der Waals surface area contributed by atoms with Gasteiger partial charge in [0.15, 0.2) is 18.6 Å². The normalized spacial score (nSPS) is 28.8. The first kappa shape index (κ1) is 40.6. The molecule has 1 aliphatic carbocycles. The Morgan fingerprint density at radius 1 is 0.922 bits per heavy atom. The first-order chi connectivity index (χ1) is 24.4. The molecule has 0 aromatic carbocycles. The van der Waals surface area contributed by atoms with E-state index in [1.54, 1.807) is 18.7 Å². The lowest BCUT2D eigenvalue weighted by Gasteiger charge is -2.55. The minimum absolute atomic E-state index is 0.0565. The van der Waals surface area contributed by atoms with Crippen LogP contribution in [0.25, 0.3) is 0 Å². The molecule has 5 rings (SSSR count). The van der Waals surface area contributed by atoms with Crippen molar-refractivity contribution in [3.05, 3.63) is 0 Å². The van der Waals surface area contributed by atoms with Gasteiger partial charge in [0, 0.05) is 32.3 Å². The molecule has 51 heavy (non-hydrogen) atoms. The zero-order chi connectivity index (χ0) is 36.6. The number of rotatable bonds is 16. The summed E-state index contributed by atoms with van der Waals surface area (Å²) in [6.45, 7) is 14.0. The minimum Gasteiger partial charge on any atom is -0.353 e. The van der Waals surface area contributed by atoms with Crippen molar-refractivity contribution >= 4 is 25.3 Å². The van der Waals surface area contributed by atoms with Crippen LogP contribution in [0.2, 0.25) is 0 Å². The highest BCUT2D eigenvalue weighted by atomic mass is 31.2. The van der Waals surface area contributed by atoms with E-state index in [4.69, 9.17) is 23.4 Å². The van der Waals surface area contributed by atoms with Crippen LogP contribution in [0.1, 0.15) is 118 Å². The SMILES string of the molecule is CCOP(=O)(CC(=O)N1O[C@H](CC2CCCCC2)C(=O)N2[C@@H]1CN([C@@H]1CCN(CCCCOC3CCCCO3)C1)C(=O)[C@@H]2CC(C)(C)C)OCC. The maximum absolute atomic E-state index is 14.6. The van der Waals surface area contributed by atoms with E-state index in [1.165, 1.54) is 11.5 Å². The van der Waals surface area contributed by atoms with Gasteiger partial charge in [0.25, 0.3) is 11.8 Å². The molecule has 0 spiro atoms. The molecule has 0 radical (unpaired) electrons. The van der Waals surface area contributed by atoms with Gasteiger partial charge in [-0.2, -0.15) is 5.06 Å². The molecular weight excluding hydrogens is 675 g/mol. The van der Waals surface area contributed by atoms with Crippen molar-refractivity contribution < 1.29 is 42.3 Å². The van der Waals surface area contributed by atoms with Crippen LogP contribution in [-0.2, 0) is 42.3 Å². The summed E-state index contributed by atoms with van der Waals surface area (Å²) in [7, 11) is -3.77. The van der Waals surface area contributed by atoms with Gasteiger partial charge in [-0.1, -0.05) is 52.9 Å². The highest BCUT2D eigenvalue weighted by Crippen LogP contribution is 2.49. The Bertz CT molecular complexity index is 1190. The Balaban J connectivity index is 1.33. The van der Waals surface area contributed by atoms with Gasteiger partial charge in [-0.25, -0.2) is 0 Å². The zero-order valence-electron chi connectivity index (χ0n) is 31.9. The number of carbonyl (C=O) groups excluding carboxylic acids is 3. The van der Waals surface area contributed by atoms with Crippen molar-refractivity contribution in [2.75, 3.05) is 58.8 Å². The predicted octanol–water partition coefficient (Wildman–Crippen LogP) is 5.56. The van der Waals surface area contributed by atoms with E-state index in [1.807, 2.05) is 4.90 Å². The molecule has 292 valence electrons. The Kier molecular flexibility index (Phi) is 14.8. The van der Waals surface area contributed by atoms with Gasteiger partial charge < -0.3 is 33.2 Å². The molecule has 0 aromatic heterocycles. The summed E-state index contributed by atoms with van der Waals surface area (Å²) in [5.74, 6) is -0.561. The van der Waals surface area contributed by atoms with E-state index in [0.29, 0.717) is 25.4 Å². The molecule has 1 unspecified atom stereocenters. The summed E-state index contributed by atoms with van der Waals surface area (Å²) >= 11 is 0. The fraction of sp³-hybridized carbons (Fsp3) is 0.919. The summed E-state index contributed by atoms with van der Waals surface area (Å²) in [5, 5.41) is 1.26. The molecule has 4 saturated heterocycles. The van der Waals surface area contributed by atoms with Crippen LogP contribution in [0.15, 0.2) is 0 Å². The standard InChI is InChI=1S/C37H65N4O9P/c1-6-48-51(45,49-7-2)27-33(42)41-32-26-39(29-18-20-38(25-29)19-12-14-22-47-34-17-11-13-21-46-34)35(43)30(24-37(3,4)5)40(32)36(44)31(50-41)23-28-15-9-8-10-16-28/h28-32,34H,6-27H2,1-5H3/t29-,30+,31-,32+,34?/m1/s1. The fourth-order valence-corrected chi connectivity index (χ4v) is 10.0. The fourth-order valence-electron chi connectivity index (χ4n) is 8.49. The van der Waals surface area contributed by atoms with Crippen LogP contribution in [0.4, 0.5) is 0 Å². The summed E-state index contributed by atoms with van der Waals surface area (Å²) in [5.41, 5.74) is -0.272. The molecule has 4 aliphatic heterocycles. The molecule has 3 amide bonds. The van der Waals surface area contributed by atoms with Gasteiger partial charge in [-0.15, -0.1) is 0 Å². The van der Waals surface area contributed by atoms with Gasteiger partial charge in [0.05, 0.1) is 19.8 Å². The van der Waals surface area contributed by atoms with Crippen molar-refractivity contribution in [2.45, 2.75) is 149 Å². The highest BCUT2D eigenvalue weighted by molar-refractivity contribution is 7.54. The third kappa shape index (κ3) is 11.0. The lowest BCUT2D eigenvalue weighted by molar-refractivity contribution is -0.277. The van der Waals surface area contributed by atoms with Crippen LogP contribution in [0, 0.1) is 11.3 Å². The van der Waals surface area contributed by atoms with Crippen molar-refractivity contribution in [2.24, 2.45) is 11.3 Å². The smallest absolute Gasteiger partial charge is 0.340 e. The number of fused-ring (bicyclic) bond motifs is 1. The van der Waals surface area contributed by atoms with E-state index in [-0.39, 0.29) is 49.3 Å². The lowest BCUT2D eigenvalue weighted by atomic mass is 9.83. The molecule has 5 fully saturated rings. The van der Waals surface area contributed by atoms with Crippen molar-refractivity contribution in [1.29, 1.82) is 0 Å². The average molecular weight is 741 g/mol. The van der Waals surface area contributed by atoms with Crippen LogP contribution in [0.3, 0.4) is 0 Å². The molecule has 13 nitrogen and oxygen atoms in total. The first-order valence-corrected chi connectivity index (χ1v) is 21.6. The van der Waals surface area contributed by atoms with Gasteiger partial charge in [-0.05, 0) is 83.1 Å². The number of hydrogen-bond acceptors (Lipinski definition) is 10. The summed E-state index contributed by atoms with van der Waals surface area (Å²) in [6.07, 6.45) is 9.97. The molecule has 1 saturated carbocycles. The second-order valence-electron chi connectivity index (χ2n) is 16.3. The number of piperazine rings is 1.